The molecule has 114 valence electrons. The molecule has 0 N–H and O–H groups in total. The SMILES string of the molecule is O=C1CS(=O)(=O)c2ccc(Oc3cc(F)cc(Cl)c3)c(Br)c21. The van der Waals surface area contributed by atoms with Crippen LogP contribution in [0.3, 0.4) is 0 Å². The van der Waals surface area contributed by atoms with Crippen molar-refractivity contribution in [3.05, 3.63) is 51.2 Å². The average molecular weight is 406 g/mol. The highest BCUT2D eigenvalue weighted by Gasteiger charge is 2.36. The Kier molecular flexibility index (Phi) is 3.74. The van der Waals surface area contributed by atoms with Crippen LogP contribution in [-0.2, 0) is 9.84 Å². The molecule has 0 aromatic heterocycles. The maximum absolute atomic E-state index is 13.3. The molecule has 0 unspecified atom stereocenters. The van der Waals surface area contributed by atoms with Crippen LogP contribution in [0.25, 0.3) is 0 Å². The topological polar surface area (TPSA) is 60.4 Å². The Balaban J connectivity index is 2.07. The van der Waals surface area contributed by atoms with Crippen LogP contribution in [0, 0.1) is 5.82 Å². The third-order valence-corrected chi connectivity index (χ3v) is 5.73. The molecule has 22 heavy (non-hydrogen) atoms. The van der Waals surface area contributed by atoms with Gasteiger partial charge in [-0.25, -0.2) is 12.8 Å². The predicted octanol–water partition coefficient (Wildman–Crippen LogP) is 4.00. The van der Waals surface area contributed by atoms with Crippen molar-refractivity contribution in [1.82, 2.24) is 0 Å². The molecule has 1 heterocycles. The second kappa shape index (κ2) is 5.33. The second-order valence-electron chi connectivity index (χ2n) is 4.64. The molecule has 8 heteroatoms. The van der Waals surface area contributed by atoms with Gasteiger partial charge >= 0.3 is 0 Å². The summed E-state index contributed by atoms with van der Waals surface area (Å²) in [5.41, 5.74) is 0.0556. The summed E-state index contributed by atoms with van der Waals surface area (Å²) < 4.78 is 42.7. The van der Waals surface area contributed by atoms with Gasteiger partial charge in [-0.1, -0.05) is 11.6 Å². The van der Waals surface area contributed by atoms with E-state index in [0.29, 0.717) is 0 Å². The molecule has 0 radical (unpaired) electrons. The predicted molar refractivity (Wildman–Crippen MR) is 82.0 cm³/mol. The maximum atomic E-state index is 13.3. The van der Waals surface area contributed by atoms with Gasteiger partial charge in [0.05, 0.1) is 14.9 Å². The van der Waals surface area contributed by atoms with E-state index in [1.54, 1.807) is 0 Å². The van der Waals surface area contributed by atoms with Crippen LogP contribution in [0.4, 0.5) is 4.39 Å². The number of carbonyl (C=O) groups is 1. The van der Waals surface area contributed by atoms with Crippen LogP contribution in [-0.4, -0.2) is 20.0 Å². The Morgan fingerprint density at radius 3 is 2.64 bits per heavy atom. The molecule has 3 rings (SSSR count). The molecule has 0 aliphatic carbocycles. The van der Waals surface area contributed by atoms with Crippen LogP contribution in [0.2, 0.25) is 5.02 Å². The van der Waals surface area contributed by atoms with Crippen LogP contribution >= 0.6 is 27.5 Å². The standard InChI is InChI=1S/C14H7BrClFO4S/c15-14-11(21-9-4-7(16)3-8(17)5-9)1-2-12-13(14)10(18)6-22(12,19)20/h1-5H,6H2. The zero-order chi connectivity index (χ0) is 16.1. The van der Waals surface area contributed by atoms with E-state index in [4.69, 9.17) is 16.3 Å². The van der Waals surface area contributed by atoms with Crippen LogP contribution in [0.1, 0.15) is 10.4 Å². The molecule has 1 aliphatic rings. The minimum Gasteiger partial charge on any atom is -0.456 e. The van der Waals surface area contributed by atoms with Gasteiger partial charge in [0.1, 0.15) is 23.1 Å². The minimum atomic E-state index is -3.60. The molecular formula is C14H7BrClFO4S. The van der Waals surface area contributed by atoms with E-state index in [0.717, 1.165) is 12.1 Å². The number of hydrogen-bond acceptors (Lipinski definition) is 4. The molecule has 2 aromatic carbocycles. The number of rotatable bonds is 2. The molecular weight excluding hydrogens is 399 g/mol. The highest BCUT2D eigenvalue weighted by molar-refractivity contribution is 9.10. The van der Waals surface area contributed by atoms with Gasteiger partial charge < -0.3 is 4.74 Å². The molecule has 2 aromatic rings. The summed E-state index contributed by atoms with van der Waals surface area (Å²) in [7, 11) is -3.60. The fourth-order valence-electron chi connectivity index (χ4n) is 2.17. The Morgan fingerprint density at radius 1 is 1.23 bits per heavy atom. The molecule has 0 bridgehead atoms. The molecule has 0 saturated carbocycles. The third kappa shape index (κ3) is 2.64. The molecule has 0 spiro atoms. The monoisotopic (exact) mass is 404 g/mol. The van der Waals surface area contributed by atoms with E-state index in [9.17, 15) is 17.6 Å². The fraction of sp³-hybridized carbons (Fsp3) is 0.0714. The number of carbonyl (C=O) groups excluding carboxylic acids is 1. The number of benzene rings is 2. The van der Waals surface area contributed by atoms with Gasteiger partial charge in [-0.3, -0.25) is 4.79 Å². The first-order valence-electron chi connectivity index (χ1n) is 6.00. The van der Waals surface area contributed by atoms with E-state index in [-0.39, 0.29) is 31.5 Å². The smallest absolute Gasteiger partial charge is 0.186 e. The summed E-state index contributed by atoms with van der Waals surface area (Å²) in [6.45, 7) is 0. The summed E-state index contributed by atoms with van der Waals surface area (Å²) in [5.74, 6) is -1.30. The van der Waals surface area contributed by atoms with E-state index in [1.807, 2.05) is 0 Å². The number of ether oxygens (including phenoxy) is 1. The van der Waals surface area contributed by atoms with Gasteiger partial charge in [-0.2, -0.15) is 0 Å². The molecule has 0 fully saturated rings. The lowest BCUT2D eigenvalue weighted by Gasteiger charge is -2.10. The second-order valence-corrected chi connectivity index (χ2v) is 7.83. The van der Waals surface area contributed by atoms with Gasteiger partial charge in [0.15, 0.2) is 15.6 Å². The number of ketones is 1. The highest BCUT2D eigenvalue weighted by atomic mass is 79.9. The quantitative estimate of drug-likeness (QED) is 0.757. The Hall–Kier alpha value is -1.44. The molecule has 0 saturated heterocycles. The fourth-order valence-corrected chi connectivity index (χ4v) is 4.61. The van der Waals surface area contributed by atoms with Gasteiger partial charge in [-0.05, 0) is 40.2 Å². The summed E-state index contributed by atoms with van der Waals surface area (Å²) >= 11 is 8.93. The van der Waals surface area contributed by atoms with Crippen LogP contribution < -0.4 is 4.74 Å². The molecule has 4 nitrogen and oxygen atoms in total. The summed E-state index contributed by atoms with van der Waals surface area (Å²) in [5, 5.41) is 0.158. The molecule has 0 atom stereocenters. The summed E-state index contributed by atoms with van der Waals surface area (Å²) in [6.07, 6.45) is 0. The van der Waals surface area contributed by atoms with Crippen molar-refractivity contribution in [1.29, 1.82) is 0 Å². The van der Waals surface area contributed by atoms with Gasteiger partial charge in [0.2, 0.25) is 0 Å². The number of halogens is 3. The third-order valence-electron chi connectivity index (χ3n) is 3.07. The van der Waals surface area contributed by atoms with Crippen molar-refractivity contribution in [2.75, 3.05) is 5.75 Å². The summed E-state index contributed by atoms with van der Waals surface area (Å²) in [4.78, 5) is 11.8. The lowest BCUT2D eigenvalue weighted by molar-refractivity contribution is 0.102. The van der Waals surface area contributed by atoms with Crippen molar-refractivity contribution >= 4 is 43.2 Å². The normalized spacial score (nSPS) is 15.7. The molecule has 1 aliphatic heterocycles. The zero-order valence-electron chi connectivity index (χ0n) is 10.8. The largest absolute Gasteiger partial charge is 0.456 e. The van der Waals surface area contributed by atoms with E-state index in [2.05, 4.69) is 15.9 Å². The first kappa shape index (κ1) is 15.5. The Morgan fingerprint density at radius 2 is 1.95 bits per heavy atom. The number of fused-ring (bicyclic) bond motifs is 1. The summed E-state index contributed by atoms with van der Waals surface area (Å²) in [6, 6.07) is 6.36. The van der Waals surface area contributed by atoms with Crippen molar-refractivity contribution in [3.63, 3.8) is 0 Å². The van der Waals surface area contributed by atoms with Gasteiger partial charge in [0.25, 0.3) is 0 Å². The highest BCUT2D eigenvalue weighted by Crippen LogP contribution is 2.40. The van der Waals surface area contributed by atoms with Crippen LogP contribution in [0.5, 0.6) is 11.5 Å². The zero-order valence-corrected chi connectivity index (χ0v) is 13.9. The molecule has 0 amide bonds. The van der Waals surface area contributed by atoms with Crippen LogP contribution in [0.15, 0.2) is 39.7 Å². The van der Waals surface area contributed by atoms with Crippen molar-refractivity contribution < 1.29 is 22.3 Å². The van der Waals surface area contributed by atoms with E-state index >= 15 is 0 Å². The Bertz CT molecular complexity index is 891. The number of hydrogen-bond donors (Lipinski definition) is 0. The van der Waals surface area contributed by atoms with Gasteiger partial charge in [0, 0.05) is 11.1 Å². The number of sulfone groups is 1. The lowest BCUT2D eigenvalue weighted by Crippen LogP contribution is -2.03. The van der Waals surface area contributed by atoms with Gasteiger partial charge in [-0.15, -0.1) is 0 Å². The Labute approximate surface area is 138 Å². The average Bonchev–Trinajstić information content (AvgIpc) is 2.62. The van der Waals surface area contributed by atoms with Crippen molar-refractivity contribution in [2.45, 2.75) is 4.90 Å². The lowest BCUT2D eigenvalue weighted by atomic mass is 10.1. The maximum Gasteiger partial charge on any atom is 0.186 e. The minimum absolute atomic E-state index is 0.0333. The van der Waals surface area contributed by atoms with Crippen molar-refractivity contribution in [2.24, 2.45) is 0 Å². The van der Waals surface area contributed by atoms with E-state index in [1.165, 1.54) is 18.2 Å². The first-order chi connectivity index (χ1) is 10.3. The first-order valence-corrected chi connectivity index (χ1v) is 8.82. The number of Topliss-reactive ketones (excluding diaryl/α,β-unsaturated/α-hetero) is 1. The van der Waals surface area contributed by atoms with E-state index < -0.39 is 27.2 Å². The van der Waals surface area contributed by atoms with Crippen molar-refractivity contribution in [3.8, 4) is 11.5 Å².